The number of rotatable bonds is 7. The number of anilines is 1. The largest absolute Gasteiger partial charge is 0.355 e. The topological polar surface area (TPSA) is 96.2 Å². The monoisotopic (exact) mass is 308 g/mol. The van der Waals surface area contributed by atoms with E-state index in [4.69, 9.17) is 5.84 Å². The Balaban J connectivity index is 2.03. The van der Waals surface area contributed by atoms with Crippen molar-refractivity contribution in [3.63, 3.8) is 0 Å². The average molecular weight is 308 g/mol. The zero-order valence-electron chi connectivity index (χ0n) is 12.2. The number of thiophene rings is 1. The number of nitrogens with one attached hydrogen (secondary N) is 2. The molecule has 2 aromatic rings. The fourth-order valence-electron chi connectivity index (χ4n) is 1.94. The summed E-state index contributed by atoms with van der Waals surface area (Å²) in [6.07, 6.45) is 0.930. The van der Waals surface area contributed by atoms with Crippen LogP contribution < -0.4 is 16.6 Å². The zero-order chi connectivity index (χ0) is 15.2. The van der Waals surface area contributed by atoms with Crippen LogP contribution in [0.4, 0.5) is 5.82 Å². The minimum atomic E-state index is 0.00808. The van der Waals surface area contributed by atoms with Gasteiger partial charge in [-0.05, 0) is 24.9 Å². The van der Waals surface area contributed by atoms with E-state index in [0.29, 0.717) is 31.3 Å². The SMILES string of the molecule is CCCNC(=O)CN(C)Cc1nc(NN)c2ccsc2n1. The van der Waals surface area contributed by atoms with Gasteiger partial charge in [0.05, 0.1) is 18.5 Å². The van der Waals surface area contributed by atoms with Gasteiger partial charge >= 0.3 is 0 Å². The first-order valence-corrected chi connectivity index (χ1v) is 7.68. The first-order chi connectivity index (χ1) is 10.1. The Morgan fingerprint density at radius 2 is 2.29 bits per heavy atom. The standard InChI is InChI=1S/C13H20N6OS/c1-3-5-15-11(20)8-19(2)7-10-16-12(18-14)9-4-6-21-13(9)17-10/h4,6H,3,5,7-8,14H2,1-2H3,(H,15,20)(H,16,17,18). The molecule has 0 fully saturated rings. The van der Waals surface area contributed by atoms with Gasteiger partial charge in [-0.2, -0.15) is 0 Å². The lowest BCUT2D eigenvalue weighted by Crippen LogP contribution is -2.35. The lowest BCUT2D eigenvalue weighted by atomic mass is 10.3. The van der Waals surface area contributed by atoms with Crippen molar-refractivity contribution in [2.24, 2.45) is 5.84 Å². The van der Waals surface area contributed by atoms with Crippen molar-refractivity contribution < 1.29 is 4.79 Å². The maximum absolute atomic E-state index is 11.7. The molecular weight excluding hydrogens is 288 g/mol. The molecular formula is C13H20N6OS. The number of hydrogen-bond acceptors (Lipinski definition) is 7. The van der Waals surface area contributed by atoms with Gasteiger partial charge in [0.15, 0.2) is 5.82 Å². The highest BCUT2D eigenvalue weighted by atomic mass is 32.1. The van der Waals surface area contributed by atoms with Gasteiger partial charge in [0.2, 0.25) is 5.91 Å². The predicted octanol–water partition coefficient (Wildman–Crippen LogP) is 0.935. The van der Waals surface area contributed by atoms with Gasteiger partial charge in [-0.25, -0.2) is 15.8 Å². The molecule has 0 radical (unpaired) electrons. The van der Waals surface area contributed by atoms with Crippen molar-refractivity contribution in [3.05, 3.63) is 17.3 Å². The quantitative estimate of drug-likeness (QED) is 0.520. The number of nitrogens with zero attached hydrogens (tertiary/aromatic N) is 3. The number of amides is 1. The molecule has 0 unspecified atom stereocenters. The number of nitrogen functional groups attached to an aromatic ring is 1. The van der Waals surface area contributed by atoms with Crippen LogP contribution in [0.3, 0.4) is 0 Å². The minimum absolute atomic E-state index is 0.00808. The smallest absolute Gasteiger partial charge is 0.234 e. The lowest BCUT2D eigenvalue weighted by Gasteiger charge is -2.15. The fourth-order valence-corrected chi connectivity index (χ4v) is 2.73. The van der Waals surface area contributed by atoms with Crippen LogP contribution in [-0.4, -0.2) is 40.9 Å². The zero-order valence-corrected chi connectivity index (χ0v) is 13.0. The number of carbonyl (C=O) groups excluding carboxylic acids is 1. The third-order valence-electron chi connectivity index (χ3n) is 2.91. The van der Waals surface area contributed by atoms with E-state index >= 15 is 0 Å². The average Bonchev–Trinajstić information content (AvgIpc) is 2.92. The van der Waals surface area contributed by atoms with E-state index in [1.165, 1.54) is 11.3 Å². The second-order valence-electron chi connectivity index (χ2n) is 4.79. The summed E-state index contributed by atoms with van der Waals surface area (Å²) in [7, 11) is 1.86. The van der Waals surface area contributed by atoms with Crippen LogP contribution in [0.2, 0.25) is 0 Å². The van der Waals surface area contributed by atoms with E-state index in [1.807, 2.05) is 30.3 Å². The van der Waals surface area contributed by atoms with Crippen molar-refractivity contribution in [3.8, 4) is 0 Å². The van der Waals surface area contributed by atoms with E-state index in [0.717, 1.165) is 16.6 Å². The Labute approximate surface area is 127 Å². The molecule has 4 N–H and O–H groups in total. The Morgan fingerprint density at radius 1 is 1.48 bits per heavy atom. The fraction of sp³-hybridized carbons (Fsp3) is 0.462. The molecule has 0 saturated carbocycles. The third-order valence-corrected chi connectivity index (χ3v) is 3.71. The molecule has 0 aromatic carbocycles. The van der Waals surface area contributed by atoms with E-state index in [1.54, 1.807) is 0 Å². The van der Waals surface area contributed by atoms with Gasteiger partial charge in [-0.3, -0.25) is 9.69 Å². The van der Waals surface area contributed by atoms with E-state index in [9.17, 15) is 4.79 Å². The maximum Gasteiger partial charge on any atom is 0.234 e. The van der Waals surface area contributed by atoms with Gasteiger partial charge in [-0.1, -0.05) is 6.92 Å². The van der Waals surface area contributed by atoms with Crippen LogP contribution in [0, 0.1) is 0 Å². The van der Waals surface area contributed by atoms with Gasteiger partial charge < -0.3 is 10.7 Å². The molecule has 114 valence electrons. The minimum Gasteiger partial charge on any atom is -0.355 e. The highest BCUT2D eigenvalue weighted by Crippen LogP contribution is 2.24. The van der Waals surface area contributed by atoms with Crippen LogP contribution >= 0.6 is 11.3 Å². The summed E-state index contributed by atoms with van der Waals surface area (Å²) in [5.41, 5.74) is 2.60. The van der Waals surface area contributed by atoms with E-state index in [2.05, 4.69) is 20.7 Å². The highest BCUT2D eigenvalue weighted by molar-refractivity contribution is 7.16. The molecule has 0 aliphatic heterocycles. The third kappa shape index (κ3) is 4.10. The Kier molecular flexibility index (Phi) is 5.43. The first-order valence-electron chi connectivity index (χ1n) is 6.80. The van der Waals surface area contributed by atoms with Crippen LogP contribution in [0.1, 0.15) is 19.2 Å². The Bertz CT molecular complexity index is 614. The summed E-state index contributed by atoms with van der Waals surface area (Å²) >= 11 is 1.54. The number of hydrogen-bond donors (Lipinski definition) is 3. The van der Waals surface area contributed by atoms with Crippen LogP contribution in [0.5, 0.6) is 0 Å². The van der Waals surface area contributed by atoms with Gasteiger partial charge in [0.25, 0.3) is 0 Å². The van der Waals surface area contributed by atoms with Crippen molar-refractivity contribution in [1.29, 1.82) is 0 Å². The number of aromatic nitrogens is 2. The second-order valence-corrected chi connectivity index (χ2v) is 5.69. The predicted molar refractivity (Wildman–Crippen MR) is 84.9 cm³/mol. The summed E-state index contributed by atoms with van der Waals surface area (Å²) in [5.74, 6) is 6.76. The van der Waals surface area contributed by atoms with Crippen LogP contribution in [0.25, 0.3) is 10.2 Å². The Morgan fingerprint density at radius 3 is 3.00 bits per heavy atom. The summed E-state index contributed by atoms with van der Waals surface area (Å²) in [5, 5.41) is 5.71. The van der Waals surface area contributed by atoms with Crippen LogP contribution in [-0.2, 0) is 11.3 Å². The molecule has 0 spiro atoms. The summed E-state index contributed by atoms with van der Waals surface area (Å²) in [6, 6.07) is 1.93. The molecule has 2 rings (SSSR count). The molecule has 0 aliphatic carbocycles. The summed E-state index contributed by atoms with van der Waals surface area (Å²) in [4.78, 5) is 23.3. The molecule has 7 nitrogen and oxygen atoms in total. The molecule has 2 aromatic heterocycles. The number of hydrazine groups is 1. The lowest BCUT2D eigenvalue weighted by molar-refractivity contribution is -0.122. The van der Waals surface area contributed by atoms with E-state index in [-0.39, 0.29) is 5.91 Å². The van der Waals surface area contributed by atoms with Crippen LogP contribution in [0.15, 0.2) is 11.4 Å². The number of fused-ring (bicyclic) bond motifs is 1. The molecule has 2 heterocycles. The molecule has 8 heteroatoms. The maximum atomic E-state index is 11.7. The van der Waals surface area contributed by atoms with Crippen molar-refractivity contribution in [2.75, 3.05) is 25.6 Å². The number of nitrogens with two attached hydrogens (primary N) is 1. The summed E-state index contributed by atoms with van der Waals surface area (Å²) in [6.45, 7) is 3.53. The number of carbonyl (C=O) groups is 1. The Hall–Kier alpha value is -1.77. The van der Waals surface area contributed by atoms with Gasteiger partial charge in [-0.15, -0.1) is 11.3 Å². The molecule has 0 aliphatic rings. The summed E-state index contributed by atoms with van der Waals surface area (Å²) < 4.78 is 0. The number of likely N-dealkylation sites (N-methyl/N-ethyl adjacent to an activating group) is 1. The second kappa shape index (κ2) is 7.30. The van der Waals surface area contributed by atoms with Crippen molar-refractivity contribution >= 4 is 33.3 Å². The highest BCUT2D eigenvalue weighted by Gasteiger charge is 2.11. The molecule has 1 amide bonds. The van der Waals surface area contributed by atoms with Crippen molar-refractivity contribution in [1.82, 2.24) is 20.2 Å². The van der Waals surface area contributed by atoms with Crippen molar-refractivity contribution in [2.45, 2.75) is 19.9 Å². The molecule has 0 atom stereocenters. The molecule has 0 saturated heterocycles. The van der Waals surface area contributed by atoms with E-state index < -0.39 is 0 Å². The normalized spacial score (nSPS) is 11.0. The van der Waals surface area contributed by atoms with Gasteiger partial charge in [0, 0.05) is 6.54 Å². The molecule has 21 heavy (non-hydrogen) atoms. The van der Waals surface area contributed by atoms with Gasteiger partial charge in [0.1, 0.15) is 10.7 Å². The first kappa shape index (κ1) is 15.6. The molecule has 0 bridgehead atoms.